The van der Waals surface area contributed by atoms with Crippen LogP contribution in [0.2, 0.25) is 0 Å². The molecule has 1 aromatic heterocycles. The molecule has 1 N–H and O–H groups in total. The average Bonchev–Trinajstić information content (AvgIpc) is 2.30. The van der Waals surface area contributed by atoms with Crippen LogP contribution >= 0.6 is 0 Å². The molecule has 0 aliphatic carbocycles. The zero-order valence-corrected chi connectivity index (χ0v) is 8.06. The monoisotopic (exact) mass is 190 g/mol. The molecule has 0 spiro atoms. The zero-order chi connectivity index (χ0) is 9.80. The second kappa shape index (κ2) is 4.24. The van der Waals surface area contributed by atoms with Crippen molar-refractivity contribution in [3.05, 3.63) is 36.2 Å². The molecule has 1 aliphatic heterocycles. The molecule has 1 aromatic rings. The van der Waals surface area contributed by atoms with E-state index < -0.39 is 0 Å². The molecule has 2 rings (SSSR count). The number of aromatic nitrogens is 1. The second-order valence-electron chi connectivity index (χ2n) is 3.37. The molecule has 14 heavy (non-hydrogen) atoms. The van der Waals surface area contributed by atoms with Crippen LogP contribution in [0.3, 0.4) is 0 Å². The number of rotatable bonds is 2. The van der Waals surface area contributed by atoms with Crippen LogP contribution in [-0.2, 0) is 6.61 Å². The summed E-state index contributed by atoms with van der Waals surface area (Å²) >= 11 is 0. The summed E-state index contributed by atoms with van der Waals surface area (Å²) in [5.41, 5.74) is 2.01. The number of pyridine rings is 1. The minimum Gasteiger partial charge on any atom is -0.392 e. The van der Waals surface area contributed by atoms with Crippen molar-refractivity contribution in [3.63, 3.8) is 0 Å². The lowest BCUT2D eigenvalue weighted by Crippen LogP contribution is -2.27. The maximum atomic E-state index is 9.16. The van der Waals surface area contributed by atoms with Crippen molar-refractivity contribution in [2.45, 2.75) is 13.0 Å². The Kier molecular flexibility index (Phi) is 2.79. The lowest BCUT2D eigenvalue weighted by Gasteiger charge is -2.27. The Balaban J connectivity index is 2.25. The summed E-state index contributed by atoms with van der Waals surface area (Å²) in [5.74, 6) is 0. The van der Waals surface area contributed by atoms with Crippen LogP contribution in [-0.4, -0.2) is 23.2 Å². The van der Waals surface area contributed by atoms with E-state index in [1.165, 1.54) is 0 Å². The highest BCUT2D eigenvalue weighted by Gasteiger charge is 2.10. The Labute approximate surface area is 83.7 Å². The minimum atomic E-state index is 0.0589. The van der Waals surface area contributed by atoms with E-state index >= 15 is 0 Å². The minimum absolute atomic E-state index is 0.0589. The SMILES string of the molecule is OCc1cnccc1N1CC=CCC1. The van der Waals surface area contributed by atoms with Gasteiger partial charge in [-0.2, -0.15) is 0 Å². The third-order valence-electron chi connectivity index (χ3n) is 2.45. The number of hydrogen-bond donors (Lipinski definition) is 1. The van der Waals surface area contributed by atoms with Crippen LogP contribution in [0.15, 0.2) is 30.6 Å². The lowest BCUT2D eigenvalue weighted by molar-refractivity contribution is 0.281. The van der Waals surface area contributed by atoms with Crippen molar-refractivity contribution in [3.8, 4) is 0 Å². The smallest absolute Gasteiger partial charge is 0.0717 e. The maximum Gasteiger partial charge on any atom is 0.0717 e. The summed E-state index contributed by atoms with van der Waals surface area (Å²) in [7, 11) is 0. The molecule has 2 heterocycles. The van der Waals surface area contributed by atoms with Gasteiger partial charge in [-0.15, -0.1) is 0 Å². The van der Waals surface area contributed by atoms with Gasteiger partial charge in [-0.05, 0) is 12.5 Å². The maximum absolute atomic E-state index is 9.16. The highest BCUT2D eigenvalue weighted by atomic mass is 16.3. The van der Waals surface area contributed by atoms with Crippen LogP contribution in [0.5, 0.6) is 0 Å². The van der Waals surface area contributed by atoms with Gasteiger partial charge < -0.3 is 10.0 Å². The zero-order valence-electron chi connectivity index (χ0n) is 8.06. The molecule has 0 saturated heterocycles. The fourth-order valence-corrected chi connectivity index (χ4v) is 1.71. The van der Waals surface area contributed by atoms with Gasteiger partial charge in [0.05, 0.1) is 6.61 Å². The van der Waals surface area contributed by atoms with Crippen molar-refractivity contribution < 1.29 is 5.11 Å². The third-order valence-corrected chi connectivity index (χ3v) is 2.45. The fourth-order valence-electron chi connectivity index (χ4n) is 1.71. The summed E-state index contributed by atoms with van der Waals surface area (Å²) < 4.78 is 0. The third kappa shape index (κ3) is 1.77. The summed E-state index contributed by atoms with van der Waals surface area (Å²) in [6.45, 7) is 2.01. The van der Waals surface area contributed by atoms with Crippen molar-refractivity contribution in [2.75, 3.05) is 18.0 Å². The number of hydrogen-bond acceptors (Lipinski definition) is 3. The molecular formula is C11H14N2O. The van der Waals surface area contributed by atoms with Gasteiger partial charge in [0.2, 0.25) is 0 Å². The highest BCUT2D eigenvalue weighted by molar-refractivity contribution is 5.53. The quantitative estimate of drug-likeness (QED) is 0.715. The summed E-state index contributed by atoms with van der Waals surface area (Å²) in [5, 5.41) is 9.16. The Morgan fingerprint density at radius 3 is 3.07 bits per heavy atom. The molecule has 0 fully saturated rings. The van der Waals surface area contributed by atoms with Gasteiger partial charge in [-0.25, -0.2) is 0 Å². The number of anilines is 1. The largest absolute Gasteiger partial charge is 0.392 e. The van der Waals surface area contributed by atoms with E-state index in [0.717, 1.165) is 30.8 Å². The normalized spacial score (nSPS) is 15.9. The first kappa shape index (κ1) is 9.21. The van der Waals surface area contributed by atoms with Crippen molar-refractivity contribution in [1.82, 2.24) is 4.98 Å². The van der Waals surface area contributed by atoms with Gasteiger partial charge in [-0.3, -0.25) is 4.98 Å². The lowest BCUT2D eigenvalue weighted by atomic mass is 10.2. The Bertz CT molecular complexity index is 336. The highest BCUT2D eigenvalue weighted by Crippen LogP contribution is 2.20. The molecule has 0 aromatic carbocycles. The van der Waals surface area contributed by atoms with E-state index in [4.69, 9.17) is 5.11 Å². The molecule has 0 atom stereocenters. The number of aliphatic hydroxyl groups is 1. The Morgan fingerprint density at radius 1 is 1.43 bits per heavy atom. The molecule has 3 nitrogen and oxygen atoms in total. The first-order valence-electron chi connectivity index (χ1n) is 4.85. The first-order chi connectivity index (χ1) is 6.92. The van der Waals surface area contributed by atoms with Crippen LogP contribution in [0.1, 0.15) is 12.0 Å². The average molecular weight is 190 g/mol. The van der Waals surface area contributed by atoms with E-state index in [2.05, 4.69) is 22.0 Å². The summed E-state index contributed by atoms with van der Waals surface area (Å²) in [6.07, 6.45) is 8.93. The summed E-state index contributed by atoms with van der Waals surface area (Å²) in [6, 6.07) is 1.96. The second-order valence-corrected chi connectivity index (χ2v) is 3.37. The Morgan fingerprint density at radius 2 is 2.36 bits per heavy atom. The Hall–Kier alpha value is -1.35. The molecular weight excluding hydrogens is 176 g/mol. The molecule has 1 aliphatic rings. The molecule has 3 heteroatoms. The summed E-state index contributed by atoms with van der Waals surface area (Å²) in [4.78, 5) is 6.26. The predicted octanol–water partition coefficient (Wildman–Crippen LogP) is 1.34. The molecule has 0 unspecified atom stereocenters. The fraction of sp³-hybridized carbons (Fsp3) is 0.364. The molecule has 74 valence electrons. The van der Waals surface area contributed by atoms with Gasteiger partial charge in [0.1, 0.15) is 0 Å². The number of nitrogens with zero attached hydrogens (tertiary/aromatic N) is 2. The van der Waals surface area contributed by atoms with Crippen LogP contribution in [0.4, 0.5) is 5.69 Å². The van der Waals surface area contributed by atoms with Gasteiger partial charge >= 0.3 is 0 Å². The van der Waals surface area contributed by atoms with Crippen LogP contribution < -0.4 is 4.90 Å². The van der Waals surface area contributed by atoms with Gasteiger partial charge in [0.25, 0.3) is 0 Å². The van der Waals surface area contributed by atoms with Crippen molar-refractivity contribution >= 4 is 5.69 Å². The molecule has 0 saturated carbocycles. The standard InChI is InChI=1S/C11H14N2O/c14-9-10-8-12-5-4-11(10)13-6-2-1-3-7-13/h1-2,4-5,8,14H,3,6-7,9H2. The van der Waals surface area contributed by atoms with E-state index in [1.807, 2.05) is 6.07 Å². The molecule has 0 bridgehead atoms. The van der Waals surface area contributed by atoms with Crippen LogP contribution in [0, 0.1) is 0 Å². The van der Waals surface area contributed by atoms with E-state index in [9.17, 15) is 0 Å². The number of aliphatic hydroxyl groups excluding tert-OH is 1. The van der Waals surface area contributed by atoms with Crippen molar-refractivity contribution in [1.29, 1.82) is 0 Å². The predicted molar refractivity (Wildman–Crippen MR) is 56.1 cm³/mol. The van der Waals surface area contributed by atoms with Gasteiger partial charge in [-0.1, -0.05) is 12.2 Å². The van der Waals surface area contributed by atoms with Gasteiger partial charge in [0.15, 0.2) is 0 Å². The van der Waals surface area contributed by atoms with Crippen LogP contribution in [0.25, 0.3) is 0 Å². The van der Waals surface area contributed by atoms with Gasteiger partial charge in [0, 0.05) is 36.7 Å². The molecule has 0 amide bonds. The van der Waals surface area contributed by atoms with E-state index in [1.54, 1.807) is 12.4 Å². The molecule has 0 radical (unpaired) electrons. The first-order valence-corrected chi connectivity index (χ1v) is 4.85. The van der Waals surface area contributed by atoms with Crippen molar-refractivity contribution in [2.24, 2.45) is 0 Å². The van der Waals surface area contributed by atoms with E-state index in [0.29, 0.717) is 0 Å². The van der Waals surface area contributed by atoms with E-state index in [-0.39, 0.29) is 6.61 Å². The topological polar surface area (TPSA) is 36.4 Å².